The molecule has 4 aromatic rings. The predicted octanol–water partition coefficient (Wildman–Crippen LogP) is 5.36. The van der Waals surface area contributed by atoms with Gasteiger partial charge in [0.05, 0.1) is 7.11 Å². The molecule has 0 atom stereocenters. The maximum absolute atomic E-state index is 12.2. The number of fused-ring (bicyclic) bond motifs is 1. The van der Waals surface area contributed by atoms with Crippen LogP contribution in [-0.2, 0) is 6.61 Å². The fourth-order valence-corrected chi connectivity index (χ4v) is 3.24. The summed E-state index contributed by atoms with van der Waals surface area (Å²) in [5, 5.41) is 0.870. The second kappa shape index (κ2) is 7.61. The van der Waals surface area contributed by atoms with Gasteiger partial charge in [0, 0.05) is 17.0 Å². The van der Waals surface area contributed by atoms with Crippen LogP contribution in [0.4, 0.5) is 0 Å². The van der Waals surface area contributed by atoms with Crippen LogP contribution < -0.4 is 15.1 Å². The molecule has 0 fully saturated rings. The molecule has 0 aliphatic rings. The lowest BCUT2D eigenvalue weighted by molar-refractivity contribution is 0.304. The predicted molar refractivity (Wildman–Crippen MR) is 110 cm³/mol. The molecule has 0 saturated carbocycles. The highest BCUT2D eigenvalue weighted by Crippen LogP contribution is 2.34. The highest BCUT2D eigenvalue weighted by atomic mass is 16.5. The van der Waals surface area contributed by atoms with Crippen molar-refractivity contribution in [3.05, 3.63) is 94.3 Å². The first-order valence-corrected chi connectivity index (χ1v) is 9.04. The van der Waals surface area contributed by atoms with E-state index in [0.29, 0.717) is 17.9 Å². The van der Waals surface area contributed by atoms with Gasteiger partial charge in [-0.15, -0.1) is 0 Å². The van der Waals surface area contributed by atoms with E-state index in [2.05, 4.69) is 0 Å². The molecule has 28 heavy (non-hydrogen) atoms. The smallest absolute Gasteiger partial charge is 0.336 e. The van der Waals surface area contributed by atoms with Gasteiger partial charge in [-0.1, -0.05) is 42.5 Å². The lowest BCUT2D eigenvalue weighted by Gasteiger charge is -2.13. The number of hydrogen-bond donors (Lipinski definition) is 0. The average Bonchev–Trinajstić information content (AvgIpc) is 2.74. The van der Waals surface area contributed by atoms with E-state index >= 15 is 0 Å². The van der Waals surface area contributed by atoms with Crippen LogP contribution in [0.3, 0.4) is 0 Å². The fourth-order valence-electron chi connectivity index (χ4n) is 3.24. The minimum absolute atomic E-state index is 0.387. The first kappa shape index (κ1) is 17.9. The van der Waals surface area contributed by atoms with Crippen molar-refractivity contribution in [1.82, 2.24) is 0 Å². The SMILES string of the molecule is COc1ccc(-c2cc(=O)oc3c(C)c(OCc4ccccc4)ccc23)cc1. The summed E-state index contributed by atoms with van der Waals surface area (Å²) in [5.41, 5.74) is 3.80. The number of aryl methyl sites for hydroxylation is 1. The Hall–Kier alpha value is -3.53. The van der Waals surface area contributed by atoms with Gasteiger partial charge in [-0.3, -0.25) is 0 Å². The van der Waals surface area contributed by atoms with Gasteiger partial charge in [0.1, 0.15) is 23.7 Å². The minimum Gasteiger partial charge on any atom is -0.497 e. The molecule has 0 radical (unpaired) electrons. The summed E-state index contributed by atoms with van der Waals surface area (Å²) < 4.78 is 16.7. The van der Waals surface area contributed by atoms with E-state index in [-0.39, 0.29) is 5.63 Å². The Balaban J connectivity index is 1.75. The minimum atomic E-state index is -0.387. The number of ether oxygens (including phenoxy) is 2. The van der Waals surface area contributed by atoms with Crippen molar-refractivity contribution >= 4 is 11.0 Å². The molecular formula is C24H20O4. The van der Waals surface area contributed by atoms with Crippen molar-refractivity contribution in [3.8, 4) is 22.6 Å². The Morgan fingerprint density at radius 3 is 2.39 bits per heavy atom. The van der Waals surface area contributed by atoms with Gasteiger partial charge in [0.2, 0.25) is 0 Å². The second-order valence-electron chi connectivity index (χ2n) is 6.55. The monoisotopic (exact) mass is 372 g/mol. The second-order valence-corrected chi connectivity index (χ2v) is 6.55. The molecule has 3 aromatic carbocycles. The molecule has 0 spiro atoms. The lowest BCUT2D eigenvalue weighted by atomic mass is 10.00. The molecule has 0 aliphatic heterocycles. The summed E-state index contributed by atoms with van der Waals surface area (Å²) in [6.45, 7) is 2.36. The van der Waals surface area contributed by atoms with Gasteiger partial charge in [-0.05, 0) is 47.9 Å². The molecule has 0 N–H and O–H groups in total. The zero-order valence-corrected chi connectivity index (χ0v) is 15.8. The molecule has 0 amide bonds. The van der Waals surface area contributed by atoms with Gasteiger partial charge in [0.15, 0.2) is 0 Å². The lowest BCUT2D eigenvalue weighted by Crippen LogP contribution is -2.01. The summed E-state index contributed by atoms with van der Waals surface area (Å²) in [5.74, 6) is 1.47. The first-order chi connectivity index (χ1) is 13.7. The standard InChI is InChI=1S/C24H20O4/c1-16-22(27-15-17-6-4-3-5-7-17)13-12-20-21(14-23(25)28-24(16)20)18-8-10-19(26-2)11-9-18/h3-14H,15H2,1-2H3. The Morgan fingerprint density at radius 1 is 0.929 bits per heavy atom. The topological polar surface area (TPSA) is 48.7 Å². The Labute approximate surface area is 163 Å². The van der Waals surface area contributed by atoms with E-state index < -0.39 is 0 Å². The van der Waals surface area contributed by atoms with Crippen LogP contribution in [0.25, 0.3) is 22.1 Å². The highest BCUT2D eigenvalue weighted by molar-refractivity contribution is 5.95. The third kappa shape index (κ3) is 3.49. The van der Waals surface area contributed by atoms with Crippen molar-refractivity contribution in [3.63, 3.8) is 0 Å². The molecule has 140 valence electrons. The maximum atomic E-state index is 12.2. The van der Waals surface area contributed by atoms with Crippen molar-refractivity contribution in [2.24, 2.45) is 0 Å². The number of methoxy groups -OCH3 is 1. The molecule has 0 bridgehead atoms. The van der Waals surface area contributed by atoms with Crippen molar-refractivity contribution < 1.29 is 13.9 Å². The average molecular weight is 372 g/mol. The molecule has 1 aromatic heterocycles. The third-order valence-electron chi connectivity index (χ3n) is 4.75. The molecule has 0 unspecified atom stereocenters. The van der Waals surface area contributed by atoms with Crippen LogP contribution in [0.5, 0.6) is 11.5 Å². The normalized spacial score (nSPS) is 10.8. The zero-order chi connectivity index (χ0) is 19.5. The summed E-state index contributed by atoms with van der Waals surface area (Å²) in [4.78, 5) is 12.2. The van der Waals surface area contributed by atoms with Crippen LogP contribution in [-0.4, -0.2) is 7.11 Å². The first-order valence-electron chi connectivity index (χ1n) is 9.04. The Bertz CT molecular complexity index is 1160. The van der Waals surface area contributed by atoms with Crippen LogP contribution in [0.2, 0.25) is 0 Å². The molecule has 1 heterocycles. The molecular weight excluding hydrogens is 352 g/mol. The van der Waals surface area contributed by atoms with Gasteiger partial charge in [0.25, 0.3) is 0 Å². The van der Waals surface area contributed by atoms with E-state index in [1.54, 1.807) is 7.11 Å². The van der Waals surface area contributed by atoms with E-state index in [1.807, 2.05) is 73.7 Å². The van der Waals surface area contributed by atoms with Crippen molar-refractivity contribution in [2.45, 2.75) is 13.5 Å². The quantitative estimate of drug-likeness (QED) is 0.443. The summed E-state index contributed by atoms with van der Waals surface area (Å²) in [7, 11) is 1.63. The van der Waals surface area contributed by atoms with Crippen LogP contribution in [0.15, 0.2) is 82.0 Å². The highest BCUT2D eigenvalue weighted by Gasteiger charge is 2.13. The van der Waals surface area contributed by atoms with Gasteiger partial charge in [-0.2, -0.15) is 0 Å². The Kier molecular flexibility index (Phi) is 4.85. The van der Waals surface area contributed by atoms with E-state index in [1.165, 1.54) is 6.07 Å². The van der Waals surface area contributed by atoms with Crippen LogP contribution in [0, 0.1) is 6.92 Å². The van der Waals surface area contributed by atoms with Crippen molar-refractivity contribution in [1.29, 1.82) is 0 Å². The molecule has 0 aliphatic carbocycles. The van der Waals surface area contributed by atoms with E-state index in [0.717, 1.165) is 33.4 Å². The molecule has 4 heteroatoms. The van der Waals surface area contributed by atoms with E-state index in [9.17, 15) is 4.79 Å². The van der Waals surface area contributed by atoms with Gasteiger partial charge >= 0.3 is 5.63 Å². The zero-order valence-electron chi connectivity index (χ0n) is 15.8. The van der Waals surface area contributed by atoms with Crippen molar-refractivity contribution in [2.75, 3.05) is 7.11 Å². The number of hydrogen-bond acceptors (Lipinski definition) is 4. The van der Waals surface area contributed by atoms with Crippen LogP contribution >= 0.6 is 0 Å². The largest absolute Gasteiger partial charge is 0.497 e. The summed E-state index contributed by atoms with van der Waals surface area (Å²) >= 11 is 0. The summed E-state index contributed by atoms with van der Waals surface area (Å²) in [6.07, 6.45) is 0. The maximum Gasteiger partial charge on any atom is 0.336 e. The Morgan fingerprint density at radius 2 is 1.68 bits per heavy atom. The molecule has 4 rings (SSSR count). The van der Waals surface area contributed by atoms with Gasteiger partial charge in [-0.25, -0.2) is 4.79 Å². The van der Waals surface area contributed by atoms with Gasteiger partial charge < -0.3 is 13.9 Å². The number of rotatable bonds is 5. The fraction of sp³-hybridized carbons (Fsp3) is 0.125. The van der Waals surface area contributed by atoms with Crippen LogP contribution in [0.1, 0.15) is 11.1 Å². The molecule has 0 saturated heterocycles. The van der Waals surface area contributed by atoms with E-state index in [4.69, 9.17) is 13.9 Å². The third-order valence-corrected chi connectivity index (χ3v) is 4.75. The summed E-state index contributed by atoms with van der Waals surface area (Å²) in [6, 6.07) is 23.0. The molecule has 4 nitrogen and oxygen atoms in total. The number of benzene rings is 3.